The zero-order valence-corrected chi connectivity index (χ0v) is 37.9. The van der Waals surface area contributed by atoms with Gasteiger partial charge in [0.2, 0.25) is 0 Å². The number of unbranched alkanes of at least 4 members (excludes halogenated alkanes) is 20. The Morgan fingerprint density at radius 2 is 0.983 bits per heavy atom. The van der Waals surface area contributed by atoms with Crippen molar-refractivity contribution in [3.63, 3.8) is 0 Å². The Bertz CT molecular complexity index is 1130. The normalized spacial score (nSPS) is 13.5. The Balaban J connectivity index is 4.30. The monoisotopic (exact) mass is 814 g/mol. The van der Waals surface area contributed by atoms with Crippen molar-refractivity contribution in [2.24, 2.45) is 0 Å². The van der Waals surface area contributed by atoms with Gasteiger partial charge in [-0.1, -0.05) is 171 Å². The number of carboxylic acids is 1. The highest BCUT2D eigenvalue weighted by Gasteiger charge is 2.25. The SMILES string of the molecule is CC/C=C/C=C/C=C/C=C/CCCCCC(=O)OC(COCCC(C(=O)[O-])[N+](C)(C)C)COC(=O)CCCCCCCCC/C=C/CCCCCCCCCCCC. The van der Waals surface area contributed by atoms with Gasteiger partial charge in [0.05, 0.1) is 40.3 Å². The van der Waals surface area contributed by atoms with Crippen molar-refractivity contribution in [1.29, 1.82) is 0 Å². The average molecular weight is 814 g/mol. The van der Waals surface area contributed by atoms with Crippen LogP contribution in [-0.4, -0.2) is 75.5 Å². The second-order valence-corrected chi connectivity index (χ2v) is 16.7. The maximum Gasteiger partial charge on any atom is 0.306 e. The quantitative estimate of drug-likeness (QED) is 0.0199. The van der Waals surface area contributed by atoms with Crippen molar-refractivity contribution in [1.82, 2.24) is 0 Å². The Kier molecular flexibility index (Phi) is 38.7. The molecule has 0 saturated heterocycles. The van der Waals surface area contributed by atoms with E-state index < -0.39 is 18.1 Å². The molecule has 334 valence electrons. The molecule has 8 heteroatoms. The van der Waals surface area contributed by atoms with Gasteiger partial charge in [0.25, 0.3) is 0 Å². The number of carboxylic acid groups (broad SMARTS) is 1. The van der Waals surface area contributed by atoms with Crippen LogP contribution >= 0.6 is 0 Å². The van der Waals surface area contributed by atoms with Gasteiger partial charge in [-0.3, -0.25) is 9.59 Å². The Hall–Kier alpha value is -2.97. The number of ether oxygens (including phenoxy) is 3. The fourth-order valence-electron chi connectivity index (χ4n) is 6.61. The predicted molar refractivity (Wildman–Crippen MR) is 240 cm³/mol. The van der Waals surface area contributed by atoms with Crippen LogP contribution in [0.3, 0.4) is 0 Å². The summed E-state index contributed by atoms with van der Waals surface area (Å²) in [5, 5.41) is 11.6. The van der Waals surface area contributed by atoms with Crippen LogP contribution < -0.4 is 5.11 Å². The summed E-state index contributed by atoms with van der Waals surface area (Å²) in [6.45, 7) is 4.47. The minimum absolute atomic E-state index is 0.0213. The first-order valence-electron chi connectivity index (χ1n) is 23.4. The molecular weight excluding hydrogens is 727 g/mol. The van der Waals surface area contributed by atoms with Crippen molar-refractivity contribution >= 4 is 17.9 Å². The van der Waals surface area contributed by atoms with Gasteiger partial charge in [0.15, 0.2) is 6.10 Å². The van der Waals surface area contributed by atoms with Crippen LogP contribution in [0.4, 0.5) is 0 Å². The molecule has 0 aliphatic carbocycles. The van der Waals surface area contributed by atoms with Gasteiger partial charge in [0, 0.05) is 19.3 Å². The molecule has 0 N–H and O–H groups in total. The number of allylic oxidation sites excluding steroid dienone is 10. The molecule has 8 nitrogen and oxygen atoms in total. The summed E-state index contributed by atoms with van der Waals surface area (Å²) in [5.41, 5.74) is 0. The van der Waals surface area contributed by atoms with E-state index in [2.05, 4.69) is 38.2 Å². The molecule has 0 rings (SSSR count). The number of carbonyl (C=O) groups excluding carboxylic acids is 3. The molecule has 2 atom stereocenters. The summed E-state index contributed by atoms with van der Waals surface area (Å²) in [7, 11) is 5.39. The van der Waals surface area contributed by atoms with Crippen molar-refractivity contribution in [3.05, 3.63) is 60.8 Å². The molecule has 0 saturated carbocycles. The molecule has 0 aromatic carbocycles. The third-order valence-electron chi connectivity index (χ3n) is 10.2. The Morgan fingerprint density at radius 1 is 0.534 bits per heavy atom. The highest BCUT2D eigenvalue weighted by atomic mass is 16.6. The molecule has 0 spiro atoms. The molecule has 0 amide bonds. The number of hydrogen-bond donors (Lipinski definition) is 0. The molecule has 0 aromatic heterocycles. The molecular formula is C50H87NO7. The van der Waals surface area contributed by atoms with Gasteiger partial charge in [-0.05, 0) is 57.8 Å². The number of quaternary nitrogens is 1. The maximum absolute atomic E-state index is 12.7. The molecule has 0 aromatic rings. The number of carbonyl (C=O) groups is 3. The van der Waals surface area contributed by atoms with E-state index in [4.69, 9.17) is 14.2 Å². The van der Waals surface area contributed by atoms with E-state index in [1.807, 2.05) is 36.5 Å². The van der Waals surface area contributed by atoms with E-state index >= 15 is 0 Å². The van der Waals surface area contributed by atoms with Crippen LogP contribution in [0.15, 0.2) is 60.8 Å². The van der Waals surface area contributed by atoms with Gasteiger partial charge in [-0.2, -0.15) is 0 Å². The van der Waals surface area contributed by atoms with Crippen molar-refractivity contribution in [2.75, 3.05) is 41.0 Å². The number of nitrogens with zero attached hydrogens (tertiary/aromatic N) is 1. The van der Waals surface area contributed by atoms with Crippen LogP contribution in [0.5, 0.6) is 0 Å². The minimum Gasteiger partial charge on any atom is -0.544 e. The molecule has 0 heterocycles. The van der Waals surface area contributed by atoms with E-state index in [0.29, 0.717) is 12.8 Å². The van der Waals surface area contributed by atoms with Crippen molar-refractivity contribution < 1.29 is 38.2 Å². The summed E-state index contributed by atoms with van der Waals surface area (Å²) in [5.74, 6) is -1.79. The summed E-state index contributed by atoms with van der Waals surface area (Å²) in [4.78, 5) is 36.9. The Morgan fingerprint density at radius 3 is 1.50 bits per heavy atom. The summed E-state index contributed by atoms with van der Waals surface area (Å²) in [6.07, 6.45) is 49.7. The van der Waals surface area contributed by atoms with Crippen LogP contribution in [0.25, 0.3) is 0 Å². The smallest absolute Gasteiger partial charge is 0.306 e. The molecule has 0 aliphatic heterocycles. The maximum atomic E-state index is 12.7. The molecule has 0 radical (unpaired) electrons. The standard InChI is InChI=1S/C50H87NO7/c1-6-8-10-12-14-16-18-20-21-22-23-24-25-26-27-29-30-32-34-36-38-40-48(52)57-45-46(44-56-43-42-47(50(54)55)51(3,4)5)58-49(53)41-39-37-35-33-31-28-19-17-15-13-11-9-7-2/h9,11,13,15,17,19,24-25,28,31,46-47H,6-8,10,12,14,16,18,20-23,26-27,29-30,32-45H2,1-5H3/b11-9+,15-13+,19-17+,25-24+,31-28+. The number of hydrogen-bond acceptors (Lipinski definition) is 7. The first-order valence-corrected chi connectivity index (χ1v) is 23.4. The molecule has 0 fully saturated rings. The van der Waals surface area contributed by atoms with Gasteiger partial charge in [0.1, 0.15) is 12.6 Å². The van der Waals surface area contributed by atoms with Crippen molar-refractivity contribution in [2.45, 2.75) is 199 Å². The lowest BCUT2D eigenvalue weighted by atomic mass is 10.1. The predicted octanol–water partition coefficient (Wildman–Crippen LogP) is 11.6. The van der Waals surface area contributed by atoms with Gasteiger partial charge in [-0.15, -0.1) is 0 Å². The fourth-order valence-corrected chi connectivity index (χ4v) is 6.61. The van der Waals surface area contributed by atoms with Crippen LogP contribution in [0, 0.1) is 0 Å². The average Bonchev–Trinajstić information content (AvgIpc) is 3.18. The lowest BCUT2D eigenvalue weighted by molar-refractivity contribution is -0.889. The van der Waals surface area contributed by atoms with E-state index in [1.54, 1.807) is 21.1 Å². The zero-order valence-electron chi connectivity index (χ0n) is 37.9. The zero-order chi connectivity index (χ0) is 42.8. The lowest BCUT2D eigenvalue weighted by Crippen LogP contribution is -2.55. The fraction of sp³-hybridized carbons (Fsp3) is 0.740. The van der Waals surface area contributed by atoms with E-state index in [0.717, 1.165) is 44.9 Å². The highest BCUT2D eigenvalue weighted by Crippen LogP contribution is 2.14. The Labute approximate surface area is 356 Å². The molecule has 0 bridgehead atoms. The first-order chi connectivity index (χ1) is 28.1. The largest absolute Gasteiger partial charge is 0.544 e. The van der Waals surface area contributed by atoms with Crippen LogP contribution in [0.1, 0.15) is 187 Å². The van der Waals surface area contributed by atoms with Crippen molar-refractivity contribution in [3.8, 4) is 0 Å². The third kappa shape index (κ3) is 38.5. The van der Waals surface area contributed by atoms with Gasteiger partial charge >= 0.3 is 11.9 Å². The van der Waals surface area contributed by atoms with E-state index in [9.17, 15) is 19.5 Å². The number of likely N-dealkylation sites (N-methyl/N-ethyl adjacent to an activating group) is 1. The summed E-state index contributed by atoms with van der Waals surface area (Å²) < 4.78 is 17.1. The summed E-state index contributed by atoms with van der Waals surface area (Å²) in [6, 6.07) is -0.736. The molecule has 2 unspecified atom stereocenters. The van der Waals surface area contributed by atoms with Gasteiger partial charge in [-0.25, -0.2) is 0 Å². The second-order valence-electron chi connectivity index (χ2n) is 16.7. The van der Waals surface area contributed by atoms with Crippen LogP contribution in [-0.2, 0) is 28.6 Å². The third-order valence-corrected chi connectivity index (χ3v) is 10.2. The molecule has 0 aliphatic rings. The minimum atomic E-state index is -1.13. The number of esters is 2. The number of aliphatic carboxylic acids is 1. The first kappa shape index (κ1) is 55.0. The van der Waals surface area contributed by atoms with Crippen LogP contribution in [0.2, 0.25) is 0 Å². The van der Waals surface area contributed by atoms with E-state index in [1.165, 1.54) is 103 Å². The van der Waals surface area contributed by atoms with Gasteiger partial charge < -0.3 is 28.6 Å². The van der Waals surface area contributed by atoms with E-state index in [-0.39, 0.29) is 49.1 Å². The highest BCUT2D eigenvalue weighted by molar-refractivity contribution is 5.70. The topological polar surface area (TPSA) is 102 Å². The lowest BCUT2D eigenvalue weighted by Gasteiger charge is -2.34. The molecule has 58 heavy (non-hydrogen) atoms. The number of rotatable bonds is 41. The second kappa shape index (κ2) is 40.8. The summed E-state index contributed by atoms with van der Waals surface area (Å²) >= 11 is 0.